The van der Waals surface area contributed by atoms with E-state index in [1.165, 1.54) is 21.3 Å². The molecule has 0 spiro atoms. The summed E-state index contributed by atoms with van der Waals surface area (Å²) in [5.74, 6) is -2.34. The molecular weight excluding hydrogens is 464 g/mol. The Morgan fingerprint density at radius 3 is 2.14 bits per heavy atom. The summed E-state index contributed by atoms with van der Waals surface area (Å²) >= 11 is 0. The van der Waals surface area contributed by atoms with Gasteiger partial charge in [-0.1, -0.05) is 42.5 Å². The fourth-order valence-corrected chi connectivity index (χ4v) is 5.66. The molecule has 0 saturated heterocycles. The molecule has 1 aliphatic heterocycles. The van der Waals surface area contributed by atoms with Gasteiger partial charge in [0.1, 0.15) is 28.9 Å². The smallest absolute Gasteiger partial charge is 0.317 e. The molecule has 0 bridgehead atoms. The van der Waals surface area contributed by atoms with Crippen molar-refractivity contribution in [3.8, 4) is 23.0 Å². The van der Waals surface area contributed by atoms with E-state index in [1.54, 1.807) is 67.8 Å². The van der Waals surface area contributed by atoms with Crippen LogP contribution in [0.4, 0.5) is 0 Å². The average molecular weight is 491 g/mol. The average Bonchev–Trinajstić information content (AvgIpc) is 3.30. The van der Waals surface area contributed by atoms with Gasteiger partial charge in [-0.15, -0.1) is 0 Å². The van der Waals surface area contributed by atoms with Crippen LogP contribution in [0.25, 0.3) is 0 Å². The highest BCUT2D eigenvalue weighted by atomic mass is 16.5. The van der Waals surface area contributed by atoms with E-state index in [1.807, 2.05) is 6.07 Å². The van der Waals surface area contributed by atoms with Crippen LogP contribution in [0.15, 0.2) is 66.7 Å². The Balaban J connectivity index is 1.89. The van der Waals surface area contributed by atoms with Crippen molar-refractivity contribution in [2.45, 2.75) is 17.1 Å². The molecule has 1 heterocycles. The minimum atomic E-state index is -2.28. The van der Waals surface area contributed by atoms with Gasteiger partial charge in [-0.25, -0.2) is 0 Å². The number of fused-ring (bicyclic) bond motifs is 3. The van der Waals surface area contributed by atoms with E-state index in [4.69, 9.17) is 23.7 Å². The molecule has 0 amide bonds. The summed E-state index contributed by atoms with van der Waals surface area (Å²) in [5, 5.41) is 12.6. The molecule has 2 unspecified atom stereocenters. The van der Waals surface area contributed by atoms with Gasteiger partial charge in [0.15, 0.2) is 11.4 Å². The van der Waals surface area contributed by atoms with E-state index in [0.717, 1.165) is 0 Å². The van der Waals surface area contributed by atoms with Crippen molar-refractivity contribution in [1.29, 1.82) is 0 Å². The minimum absolute atomic E-state index is 0.138. The van der Waals surface area contributed by atoms with Crippen LogP contribution in [0, 0.1) is 5.92 Å². The van der Waals surface area contributed by atoms with Crippen LogP contribution < -0.4 is 18.9 Å². The van der Waals surface area contributed by atoms with Crippen molar-refractivity contribution >= 4 is 11.8 Å². The molecule has 1 saturated carbocycles. The molecule has 36 heavy (non-hydrogen) atoms. The highest BCUT2D eigenvalue weighted by Gasteiger charge is 2.78. The molecule has 1 aliphatic carbocycles. The number of carbonyl (C=O) groups excluding carboxylic acids is 2. The Morgan fingerprint density at radius 1 is 0.889 bits per heavy atom. The summed E-state index contributed by atoms with van der Waals surface area (Å²) < 4.78 is 28.0. The van der Waals surface area contributed by atoms with Crippen molar-refractivity contribution in [1.82, 2.24) is 0 Å². The Kier molecular flexibility index (Phi) is 5.64. The van der Waals surface area contributed by atoms with E-state index in [9.17, 15) is 14.7 Å². The second-order valence-electron chi connectivity index (χ2n) is 8.73. The third-order valence-corrected chi connectivity index (χ3v) is 7.21. The Labute approximate surface area is 208 Å². The van der Waals surface area contributed by atoms with Crippen LogP contribution >= 0.6 is 0 Å². The number of hydrogen-bond donors (Lipinski definition) is 1. The zero-order valence-electron chi connectivity index (χ0n) is 20.3. The number of aliphatic hydroxyl groups is 1. The number of esters is 1. The number of Topliss-reactive ketones (excluding diaryl/α,β-unsaturated/α-hetero) is 1. The first-order valence-corrected chi connectivity index (χ1v) is 11.4. The van der Waals surface area contributed by atoms with E-state index >= 15 is 0 Å². The Bertz CT molecular complexity index is 1320. The molecular formula is C28H26O8. The highest BCUT2D eigenvalue weighted by Crippen LogP contribution is 2.68. The molecule has 3 aromatic carbocycles. The SMILES string of the molecule is COC(=O)C1C(=O)[C@@]2(O)c3c(OC)cc(OC)cc3O[C@@]2(c2ccc(OC)cc2)C1c1ccccc1. The van der Waals surface area contributed by atoms with Gasteiger partial charge in [0.25, 0.3) is 0 Å². The first-order valence-electron chi connectivity index (χ1n) is 11.4. The maximum absolute atomic E-state index is 14.2. The lowest BCUT2D eigenvalue weighted by Gasteiger charge is -2.39. The largest absolute Gasteiger partial charge is 0.497 e. The lowest BCUT2D eigenvalue weighted by atomic mass is 9.70. The number of benzene rings is 3. The van der Waals surface area contributed by atoms with Crippen LogP contribution in [0.2, 0.25) is 0 Å². The fraction of sp³-hybridized carbons (Fsp3) is 0.286. The fourth-order valence-electron chi connectivity index (χ4n) is 5.66. The standard InChI is InChI=1S/C28H26O8/c1-32-18-12-10-17(11-13-18)28-23(16-8-6-5-7-9-16)22(26(30)35-4)25(29)27(28,31)24-20(34-3)14-19(33-2)15-21(24)36-28/h5-15,22-23,31H,1-4H3/t22?,23?,27-,28-/m0/s1. The predicted molar refractivity (Wildman–Crippen MR) is 128 cm³/mol. The quantitative estimate of drug-likeness (QED) is 0.415. The van der Waals surface area contributed by atoms with E-state index in [0.29, 0.717) is 22.6 Å². The lowest BCUT2D eigenvalue weighted by molar-refractivity contribution is -0.155. The molecule has 8 heteroatoms. The molecule has 186 valence electrons. The Hall–Kier alpha value is -4.04. The van der Waals surface area contributed by atoms with Gasteiger partial charge in [-0.3, -0.25) is 9.59 Å². The molecule has 1 fully saturated rings. The second-order valence-corrected chi connectivity index (χ2v) is 8.73. The zero-order chi connectivity index (χ0) is 25.7. The summed E-state index contributed by atoms with van der Waals surface area (Å²) in [5.41, 5.74) is -2.76. The normalized spacial score (nSPS) is 26.0. The van der Waals surface area contributed by atoms with Gasteiger partial charge in [-0.2, -0.15) is 0 Å². The van der Waals surface area contributed by atoms with E-state index in [-0.39, 0.29) is 17.1 Å². The summed E-state index contributed by atoms with van der Waals surface area (Å²) in [7, 11) is 5.69. The maximum Gasteiger partial charge on any atom is 0.317 e. The van der Waals surface area contributed by atoms with Gasteiger partial charge in [0.05, 0.1) is 39.9 Å². The number of ether oxygens (including phenoxy) is 5. The number of rotatable bonds is 6. The van der Waals surface area contributed by atoms with Gasteiger partial charge in [-0.05, 0) is 17.7 Å². The lowest BCUT2D eigenvalue weighted by Crippen LogP contribution is -2.50. The predicted octanol–water partition coefficient (Wildman–Crippen LogP) is 3.34. The maximum atomic E-state index is 14.2. The van der Waals surface area contributed by atoms with E-state index in [2.05, 4.69) is 0 Å². The zero-order valence-corrected chi connectivity index (χ0v) is 20.3. The van der Waals surface area contributed by atoms with Crippen molar-refractivity contribution in [2.24, 2.45) is 5.92 Å². The molecule has 0 aromatic heterocycles. The topological polar surface area (TPSA) is 101 Å². The molecule has 4 atom stereocenters. The van der Waals surface area contributed by atoms with Crippen LogP contribution in [0.3, 0.4) is 0 Å². The van der Waals surface area contributed by atoms with Gasteiger partial charge < -0.3 is 28.8 Å². The second kappa shape index (κ2) is 8.57. The molecule has 8 nitrogen and oxygen atoms in total. The number of methoxy groups -OCH3 is 4. The molecule has 5 rings (SSSR count). The third-order valence-electron chi connectivity index (χ3n) is 7.21. The van der Waals surface area contributed by atoms with Crippen LogP contribution in [-0.2, 0) is 25.5 Å². The Morgan fingerprint density at radius 2 is 1.56 bits per heavy atom. The first kappa shape index (κ1) is 23.7. The van der Waals surface area contributed by atoms with Crippen LogP contribution in [-0.4, -0.2) is 45.3 Å². The summed E-state index contributed by atoms with van der Waals surface area (Å²) in [6.07, 6.45) is 0. The van der Waals surface area contributed by atoms with Gasteiger partial charge in [0, 0.05) is 17.7 Å². The number of hydrogen-bond acceptors (Lipinski definition) is 8. The molecule has 0 radical (unpaired) electrons. The first-order chi connectivity index (χ1) is 17.4. The monoisotopic (exact) mass is 490 g/mol. The minimum Gasteiger partial charge on any atom is -0.497 e. The van der Waals surface area contributed by atoms with E-state index < -0.39 is 34.8 Å². The number of carbonyl (C=O) groups is 2. The molecule has 3 aromatic rings. The number of ketones is 1. The summed E-state index contributed by atoms with van der Waals surface area (Å²) in [6, 6.07) is 19.1. The van der Waals surface area contributed by atoms with Crippen molar-refractivity contribution in [3.05, 3.63) is 83.4 Å². The molecule has 1 N–H and O–H groups in total. The molecule has 2 aliphatic rings. The summed E-state index contributed by atoms with van der Waals surface area (Å²) in [6.45, 7) is 0. The van der Waals surface area contributed by atoms with Crippen molar-refractivity contribution < 1.29 is 38.4 Å². The van der Waals surface area contributed by atoms with Crippen molar-refractivity contribution in [2.75, 3.05) is 28.4 Å². The third kappa shape index (κ3) is 2.97. The van der Waals surface area contributed by atoms with Crippen LogP contribution in [0.5, 0.6) is 23.0 Å². The van der Waals surface area contributed by atoms with Gasteiger partial charge >= 0.3 is 5.97 Å². The highest BCUT2D eigenvalue weighted by molar-refractivity contribution is 6.10. The summed E-state index contributed by atoms with van der Waals surface area (Å²) in [4.78, 5) is 27.4. The van der Waals surface area contributed by atoms with Crippen LogP contribution in [0.1, 0.15) is 22.6 Å². The van der Waals surface area contributed by atoms with Crippen molar-refractivity contribution in [3.63, 3.8) is 0 Å². The van der Waals surface area contributed by atoms with Gasteiger partial charge in [0.2, 0.25) is 5.60 Å².